The van der Waals surface area contributed by atoms with E-state index < -0.39 is 0 Å². The second kappa shape index (κ2) is 2.06. The van der Waals surface area contributed by atoms with E-state index in [4.69, 9.17) is 0 Å². The fourth-order valence-corrected chi connectivity index (χ4v) is 2.39. The van der Waals surface area contributed by atoms with Gasteiger partial charge < -0.3 is 0 Å². The Morgan fingerprint density at radius 1 is 1.56 bits per heavy atom. The maximum atomic E-state index is 3.91. The highest BCUT2D eigenvalue weighted by Gasteiger charge is 1.98. The first-order chi connectivity index (χ1) is 4.47. The van der Waals surface area contributed by atoms with Crippen LogP contribution in [0.5, 0.6) is 0 Å². The molecule has 1 aromatic heterocycles. The Kier molecular flexibility index (Phi) is 1.22. The molecule has 0 saturated carbocycles. The summed E-state index contributed by atoms with van der Waals surface area (Å²) < 4.78 is 4.47. The fraction of sp³-hybridized carbons (Fsp3) is 0. The van der Waals surface area contributed by atoms with Crippen molar-refractivity contribution in [1.82, 2.24) is 10.2 Å². The molecule has 0 spiro atoms. The Morgan fingerprint density at radius 2 is 2.56 bits per heavy atom. The van der Waals surface area contributed by atoms with Gasteiger partial charge in [-0.1, -0.05) is 20.7 Å². The number of H-pyrrole nitrogens is 1. The van der Waals surface area contributed by atoms with Gasteiger partial charge in [-0.25, -0.2) is 0 Å². The minimum atomic E-state index is 0.175. The van der Waals surface area contributed by atoms with Crippen LogP contribution in [0.25, 0.3) is 6.08 Å². The van der Waals surface area contributed by atoms with E-state index in [1.807, 2.05) is 6.20 Å². The zero-order valence-electron chi connectivity index (χ0n) is 4.63. The zero-order chi connectivity index (χ0) is 6.10. The maximum Gasteiger partial charge on any atom is 0.0707 e. The summed E-state index contributed by atoms with van der Waals surface area (Å²) in [6.45, 7) is 0. The molecule has 0 unspecified atom stereocenters. The monoisotopic (exact) mass is 232 g/mol. The van der Waals surface area contributed by atoms with E-state index in [0.717, 1.165) is 0 Å². The Morgan fingerprint density at radius 3 is 3.44 bits per heavy atom. The molecule has 1 aliphatic rings. The smallest absolute Gasteiger partial charge is 0.0707 e. The lowest BCUT2D eigenvalue weighted by atomic mass is 10.3. The van der Waals surface area contributed by atoms with E-state index in [2.05, 4.69) is 24.4 Å². The van der Waals surface area contributed by atoms with Crippen molar-refractivity contribution in [2.24, 2.45) is 0 Å². The number of aromatic amines is 1. The summed E-state index contributed by atoms with van der Waals surface area (Å²) >= 11 is 0.175. The molecule has 9 heavy (non-hydrogen) atoms. The lowest BCUT2D eigenvalue weighted by Crippen LogP contribution is -1.82. The minimum Gasteiger partial charge on any atom is -0.277 e. The lowest BCUT2D eigenvalue weighted by molar-refractivity contribution is 1.08. The zero-order valence-corrected chi connectivity index (χ0v) is 6.79. The first kappa shape index (κ1) is 5.34. The molecule has 0 aromatic carbocycles. The van der Waals surface area contributed by atoms with Gasteiger partial charge in [-0.3, -0.25) is 5.10 Å². The third-order valence-electron chi connectivity index (χ3n) is 1.19. The van der Waals surface area contributed by atoms with Crippen molar-refractivity contribution in [1.29, 1.82) is 0 Å². The molecular weight excluding hydrogens is 227 g/mol. The Balaban J connectivity index is 2.68. The second-order valence-electron chi connectivity index (χ2n) is 1.77. The minimum absolute atomic E-state index is 0.175. The third-order valence-corrected chi connectivity index (χ3v) is 2.94. The van der Waals surface area contributed by atoms with E-state index in [-0.39, 0.29) is 20.7 Å². The first-order valence-electron chi connectivity index (χ1n) is 2.62. The topological polar surface area (TPSA) is 28.7 Å². The molecule has 0 fully saturated rings. The highest BCUT2D eigenvalue weighted by atomic mass is 127. The van der Waals surface area contributed by atoms with Crippen LogP contribution in [0.4, 0.5) is 0 Å². The number of nitrogens with one attached hydrogen (secondary N) is 1. The van der Waals surface area contributed by atoms with E-state index >= 15 is 0 Å². The lowest BCUT2D eigenvalue weighted by Gasteiger charge is -1.91. The molecule has 0 amide bonds. The SMILES string of the molecule is C1=Cc2cn[nH]c2C=I1. The van der Waals surface area contributed by atoms with Gasteiger partial charge in [0.15, 0.2) is 0 Å². The molecule has 0 atom stereocenters. The van der Waals surface area contributed by atoms with Gasteiger partial charge in [0, 0.05) is 5.56 Å². The molecule has 1 aromatic rings. The van der Waals surface area contributed by atoms with Crippen LogP contribution in [0.3, 0.4) is 0 Å². The molecule has 3 heteroatoms. The highest BCUT2D eigenvalue weighted by molar-refractivity contribution is 14.2. The van der Waals surface area contributed by atoms with Crippen LogP contribution in [-0.2, 0) is 0 Å². The molecule has 1 aliphatic heterocycles. The van der Waals surface area contributed by atoms with Gasteiger partial charge in [-0.15, -0.1) is 0 Å². The summed E-state index contributed by atoms with van der Waals surface area (Å²) in [5.41, 5.74) is 2.42. The van der Waals surface area contributed by atoms with Gasteiger partial charge in [-0.05, 0) is 14.2 Å². The van der Waals surface area contributed by atoms with Gasteiger partial charge in [0.2, 0.25) is 0 Å². The van der Waals surface area contributed by atoms with E-state index in [0.29, 0.717) is 0 Å². The van der Waals surface area contributed by atoms with Crippen LogP contribution in [0.15, 0.2) is 10.3 Å². The number of rotatable bonds is 0. The third kappa shape index (κ3) is 0.849. The van der Waals surface area contributed by atoms with Crippen molar-refractivity contribution in [2.75, 3.05) is 0 Å². The average Bonchev–Trinajstić information content (AvgIpc) is 2.33. The number of aromatic nitrogens is 2. The van der Waals surface area contributed by atoms with Crippen LogP contribution < -0.4 is 0 Å². The molecule has 0 saturated heterocycles. The Labute approximate surface area is 62.7 Å². The molecule has 46 valence electrons. The quantitative estimate of drug-likeness (QED) is 0.675. The number of halogens is 1. The average molecular weight is 232 g/mol. The molecule has 2 rings (SSSR count). The predicted octanol–water partition coefficient (Wildman–Crippen LogP) is 1.52. The van der Waals surface area contributed by atoms with Gasteiger partial charge >= 0.3 is 0 Å². The maximum absolute atomic E-state index is 3.91. The van der Waals surface area contributed by atoms with Crippen LogP contribution in [0.1, 0.15) is 11.3 Å². The molecule has 0 bridgehead atoms. The number of fused-ring (bicyclic) bond motifs is 1. The van der Waals surface area contributed by atoms with E-state index in [9.17, 15) is 0 Å². The van der Waals surface area contributed by atoms with Crippen molar-refractivity contribution < 1.29 is 0 Å². The number of hydrogen-bond acceptors (Lipinski definition) is 1. The summed E-state index contributed by atoms with van der Waals surface area (Å²) in [5, 5.41) is 6.84. The highest BCUT2D eigenvalue weighted by Crippen LogP contribution is 2.15. The Hall–Kier alpha value is -0.450. The molecular formula is C6H5IN2. The standard InChI is InChI=1S/C6H5IN2/c1-2-7-3-6-5(1)4-8-9-6/h1-4H,(H,8,9). The molecule has 2 nitrogen and oxygen atoms in total. The number of nitrogens with zero attached hydrogens (tertiary/aromatic N) is 1. The molecule has 0 radical (unpaired) electrons. The van der Waals surface area contributed by atoms with Crippen molar-refractivity contribution in [3.05, 3.63) is 21.5 Å². The van der Waals surface area contributed by atoms with Crippen LogP contribution in [0, 0.1) is 0 Å². The normalized spacial score (nSPS) is 14.7. The van der Waals surface area contributed by atoms with Crippen molar-refractivity contribution in [3.63, 3.8) is 0 Å². The van der Waals surface area contributed by atoms with E-state index in [1.54, 1.807) is 0 Å². The molecule has 1 N–H and O–H groups in total. The second-order valence-corrected chi connectivity index (χ2v) is 3.83. The Bertz CT molecular complexity index is 246. The largest absolute Gasteiger partial charge is 0.277 e. The summed E-state index contributed by atoms with van der Waals surface area (Å²) in [4.78, 5) is 0. The molecule has 2 heterocycles. The van der Waals surface area contributed by atoms with E-state index in [1.165, 1.54) is 11.3 Å². The fourth-order valence-electron chi connectivity index (χ4n) is 0.729. The van der Waals surface area contributed by atoms with Gasteiger partial charge in [0.25, 0.3) is 0 Å². The van der Waals surface area contributed by atoms with Gasteiger partial charge in [0.05, 0.1) is 11.9 Å². The van der Waals surface area contributed by atoms with Crippen molar-refractivity contribution in [3.8, 4) is 0 Å². The van der Waals surface area contributed by atoms with Crippen molar-refractivity contribution >= 4 is 30.8 Å². The van der Waals surface area contributed by atoms with Crippen LogP contribution in [-0.4, -0.2) is 14.2 Å². The van der Waals surface area contributed by atoms with Gasteiger partial charge in [-0.2, -0.15) is 5.10 Å². The summed E-state index contributed by atoms with van der Waals surface area (Å²) in [7, 11) is 0. The van der Waals surface area contributed by atoms with Gasteiger partial charge in [0.1, 0.15) is 0 Å². The summed E-state index contributed by atoms with van der Waals surface area (Å²) in [6.07, 6.45) is 3.98. The molecule has 0 aliphatic carbocycles. The first-order valence-corrected chi connectivity index (χ1v) is 5.11. The number of hydrogen-bond donors (Lipinski definition) is 1. The summed E-state index contributed by atoms with van der Waals surface area (Å²) in [6, 6.07) is 0. The summed E-state index contributed by atoms with van der Waals surface area (Å²) in [5.74, 6) is 0. The predicted molar refractivity (Wildman–Crippen MR) is 46.8 cm³/mol. The van der Waals surface area contributed by atoms with Crippen LogP contribution >= 0.6 is 20.7 Å². The van der Waals surface area contributed by atoms with Crippen molar-refractivity contribution in [2.45, 2.75) is 0 Å². The van der Waals surface area contributed by atoms with Crippen LogP contribution in [0.2, 0.25) is 0 Å².